The van der Waals surface area contributed by atoms with Gasteiger partial charge in [0, 0.05) is 24.7 Å². The van der Waals surface area contributed by atoms with Crippen molar-refractivity contribution in [1.29, 1.82) is 0 Å². The van der Waals surface area contributed by atoms with Crippen molar-refractivity contribution in [3.63, 3.8) is 0 Å². The minimum absolute atomic E-state index is 0.271. The van der Waals surface area contributed by atoms with Gasteiger partial charge in [-0.3, -0.25) is 9.69 Å². The number of hydrogen-bond donors (Lipinski definition) is 0. The van der Waals surface area contributed by atoms with Crippen LogP contribution in [-0.4, -0.2) is 40.9 Å². The van der Waals surface area contributed by atoms with E-state index >= 15 is 0 Å². The highest BCUT2D eigenvalue weighted by Gasteiger charge is 2.50. The summed E-state index contributed by atoms with van der Waals surface area (Å²) in [6.07, 6.45) is 5.25. The van der Waals surface area contributed by atoms with Gasteiger partial charge < -0.3 is 4.90 Å². The fraction of sp³-hybridized carbons (Fsp3) is 0.611. The van der Waals surface area contributed by atoms with Gasteiger partial charge in [0.15, 0.2) is 0 Å². The summed E-state index contributed by atoms with van der Waals surface area (Å²) in [4.78, 5) is 17.5. The van der Waals surface area contributed by atoms with Gasteiger partial charge in [-0.15, -0.1) is 0 Å². The van der Waals surface area contributed by atoms with Gasteiger partial charge in [-0.05, 0) is 50.3 Å². The maximum Gasteiger partial charge on any atom is 0.243 e. The molecule has 0 aliphatic carbocycles. The summed E-state index contributed by atoms with van der Waals surface area (Å²) in [6, 6.07) is 7.99. The molecule has 1 spiro atoms. The highest BCUT2D eigenvalue weighted by molar-refractivity contribution is 6.31. The average molecular weight is 321 g/mol. The zero-order valence-corrected chi connectivity index (χ0v) is 14.1. The van der Waals surface area contributed by atoms with Gasteiger partial charge in [0.2, 0.25) is 5.91 Å². The normalized spacial score (nSPS) is 26.1. The Bertz CT molecular complexity index is 546. The average Bonchev–Trinajstić information content (AvgIpc) is 2.90. The summed E-state index contributed by atoms with van der Waals surface area (Å²) >= 11 is 6.32. The van der Waals surface area contributed by atoms with Crippen LogP contribution in [0.5, 0.6) is 0 Å². The van der Waals surface area contributed by atoms with Crippen molar-refractivity contribution in [2.24, 2.45) is 0 Å². The second-order valence-corrected chi connectivity index (χ2v) is 6.95. The first-order valence-corrected chi connectivity index (χ1v) is 8.83. The summed E-state index contributed by atoms with van der Waals surface area (Å²) in [7, 11) is 0. The molecule has 1 amide bonds. The molecule has 0 radical (unpaired) electrons. The Morgan fingerprint density at radius 1 is 1.18 bits per heavy atom. The lowest BCUT2D eigenvalue weighted by molar-refractivity contribution is -0.147. The molecule has 2 fully saturated rings. The van der Waals surface area contributed by atoms with E-state index in [1.165, 1.54) is 0 Å². The van der Waals surface area contributed by atoms with E-state index in [0.717, 1.165) is 68.9 Å². The van der Waals surface area contributed by atoms with E-state index in [4.69, 9.17) is 11.6 Å². The van der Waals surface area contributed by atoms with E-state index in [0.29, 0.717) is 5.91 Å². The lowest BCUT2D eigenvalue weighted by atomic mass is 9.85. The summed E-state index contributed by atoms with van der Waals surface area (Å²) in [6.45, 7) is 5.74. The lowest BCUT2D eigenvalue weighted by Crippen LogP contribution is -2.59. The smallest absolute Gasteiger partial charge is 0.243 e. The third kappa shape index (κ3) is 2.77. The SMILES string of the molecule is CCCN1CCCC2(CCCN2Cc2ccccc2Cl)C1=O. The quantitative estimate of drug-likeness (QED) is 0.844. The van der Waals surface area contributed by atoms with Crippen LogP contribution >= 0.6 is 11.6 Å². The molecule has 2 saturated heterocycles. The molecule has 22 heavy (non-hydrogen) atoms. The van der Waals surface area contributed by atoms with Gasteiger partial charge in [0.05, 0.1) is 0 Å². The van der Waals surface area contributed by atoms with Gasteiger partial charge in [-0.2, -0.15) is 0 Å². The monoisotopic (exact) mass is 320 g/mol. The van der Waals surface area contributed by atoms with Crippen molar-refractivity contribution in [3.05, 3.63) is 34.9 Å². The molecule has 1 aromatic rings. The van der Waals surface area contributed by atoms with Gasteiger partial charge in [0.1, 0.15) is 5.54 Å². The maximum absolute atomic E-state index is 13.1. The summed E-state index contributed by atoms with van der Waals surface area (Å²) < 4.78 is 0. The molecule has 1 aromatic carbocycles. The molecule has 3 rings (SSSR count). The summed E-state index contributed by atoms with van der Waals surface area (Å²) in [5, 5.41) is 0.804. The zero-order valence-electron chi connectivity index (χ0n) is 13.4. The van der Waals surface area contributed by atoms with Crippen LogP contribution in [0.25, 0.3) is 0 Å². The number of carbonyl (C=O) groups is 1. The Morgan fingerprint density at radius 2 is 1.91 bits per heavy atom. The van der Waals surface area contributed by atoms with Crippen LogP contribution in [0, 0.1) is 0 Å². The van der Waals surface area contributed by atoms with Crippen molar-refractivity contribution in [1.82, 2.24) is 9.80 Å². The van der Waals surface area contributed by atoms with E-state index < -0.39 is 0 Å². The van der Waals surface area contributed by atoms with Gasteiger partial charge >= 0.3 is 0 Å². The molecule has 0 N–H and O–H groups in total. The van der Waals surface area contributed by atoms with E-state index in [9.17, 15) is 4.79 Å². The van der Waals surface area contributed by atoms with Crippen LogP contribution in [0.4, 0.5) is 0 Å². The number of likely N-dealkylation sites (tertiary alicyclic amines) is 2. The number of rotatable bonds is 4. The predicted octanol–water partition coefficient (Wildman–Crippen LogP) is 3.71. The molecular weight excluding hydrogens is 296 g/mol. The molecule has 1 atom stereocenters. The zero-order chi connectivity index (χ0) is 15.6. The van der Waals surface area contributed by atoms with E-state index in [1.807, 2.05) is 18.2 Å². The molecule has 3 nitrogen and oxygen atoms in total. The lowest BCUT2D eigenvalue weighted by Gasteiger charge is -2.44. The highest BCUT2D eigenvalue weighted by atomic mass is 35.5. The fourth-order valence-electron chi connectivity index (χ4n) is 4.07. The van der Waals surface area contributed by atoms with Crippen LogP contribution < -0.4 is 0 Å². The Kier molecular flexibility index (Phi) is 4.74. The van der Waals surface area contributed by atoms with Crippen LogP contribution in [0.1, 0.15) is 44.6 Å². The molecule has 4 heteroatoms. The molecule has 0 bridgehead atoms. The minimum Gasteiger partial charge on any atom is -0.341 e. The number of nitrogens with zero attached hydrogens (tertiary/aromatic N) is 2. The van der Waals surface area contributed by atoms with Gasteiger partial charge in [0.25, 0.3) is 0 Å². The Morgan fingerprint density at radius 3 is 2.64 bits per heavy atom. The number of hydrogen-bond acceptors (Lipinski definition) is 2. The first-order chi connectivity index (χ1) is 10.7. The molecule has 2 aliphatic rings. The molecule has 2 heterocycles. The molecule has 0 aromatic heterocycles. The number of benzene rings is 1. The number of amides is 1. The third-order valence-corrected chi connectivity index (χ3v) is 5.51. The first-order valence-electron chi connectivity index (χ1n) is 8.45. The number of halogens is 1. The Balaban J connectivity index is 1.82. The van der Waals surface area contributed by atoms with Crippen molar-refractivity contribution in [2.45, 2.75) is 51.1 Å². The largest absolute Gasteiger partial charge is 0.341 e. The Hall–Kier alpha value is -1.06. The van der Waals surface area contributed by atoms with Crippen LogP contribution in [0.15, 0.2) is 24.3 Å². The summed E-state index contributed by atoms with van der Waals surface area (Å²) in [5.74, 6) is 0.352. The Labute approximate surface area is 138 Å². The van der Waals surface area contributed by atoms with Crippen molar-refractivity contribution in [2.75, 3.05) is 19.6 Å². The molecule has 1 unspecified atom stereocenters. The minimum atomic E-state index is -0.271. The van der Waals surface area contributed by atoms with E-state index in [1.54, 1.807) is 0 Å². The van der Waals surface area contributed by atoms with Gasteiger partial charge in [-0.25, -0.2) is 0 Å². The number of piperidine rings is 1. The highest BCUT2D eigenvalue weighted by Crippen LogP contribution is 2.39. The third-order valence-electron chi connectivity index (χ3n) is 5.14. The van der Waals surface area contributed by atoms with E-state index in [-0.39, 0.29) is 5.54 Å². The summed E-state index contributed by atoms with van der Waals surface area (Å²) in [5.41, 5.74) is 0.859. The second kappa shape index (κ2) is 6.59. The van der Waals surface area contributed by atoms with Crippen LogP contribution in [0.3, 0.4) is 0 Å². The van der Waals surface area contributed by atoms with Crippen molar-refractivity contribution >= 4 is 17.5 Å². The van der Waals surface area contributed by atoms with Crippen molar-refractivity contribution in [3.8, 4) is 0 Å². The molecule has 0 saturated carbocycles. The molecular formula is C18H25ClN2O. The van der Waals surface area contributed by atoms with Crippen molar-refractivity contribution < 1.29 is 4.79 Å². The van der Waals surface area contributed by atoms with Crippen LogP contribution in [-0.2, 0) is 11.3 Å². The second-order valence-electron chi connectivity index (χ2n) is 6.54. The molecule has 120 valence electrons. The topological polar surface area (TPSA) is 23.6 Å². The van der Waals surface area contributed by atoms with Crippen LogP contribution in [0.2, 0.25) is 5.02 Å². The number of carbonyl (C=O) groups excluding carboxylic acids is 1. The predicted molar refractivity (Wildman–Crippen MR) is 89.9 cm³/mol. The van der Waals surface area contributed by atoms with E-state index in [2.05, 4.69) is 22.8 Å². The maximum atomic E-state index is 13.1. The standard InChI is InChI=1S/C18H25ClN2O/c1-2-11-20-12-5-9-18(17(20)22)10-6-13-21(18)14-15-7-3-4-8-16(15)19/h3-4,7-8H,2,5-6,9-14H2,1H3. The first kappa shape index (κ1) is 15.8. The fourth-order valence-corrected chi connectivity index (χ4v) is 4.27. The van der Waals surface area contributed by atoms with Gasteiger partial charge in [-0.1, -0.05) is 36.7 Å². The molecule has 2 aliphatic heterocycles.